The van der Waals surface area contributed by atoms with E-state index in [1.54, 1.807) is 35.1 Å². The number of hydrogen-bond donors (Lipinski definition) is 0. The molecule has 0 saturated carbocycles. The Morgan fingerprint density at radius 1 is 1.19 bits per heavy atom. The standard InChI is InChI=1S/C24H29N3O3S2/c1-23(2,3)30-22(28)27-12-10-24(11-13-27)25-20(19-9-6-14-31-19)21(26-24)32-16-17-7-5-8-18(15-17)29-4/h5-9,14-15H,10-13,16H2,1-4H3. The molecule has 2 aromatic rings. The normalized spacial score (nSPS) is 17.8. The molecule has 170 valence electrons. The average Bonchev–Trinajstić information content (AvgIpc) is 3.40. The highest BCUT2D eigenvalue weighted by molar-refractivity contribution is 8.15. The summed E-state index contributed by atoms with van der Waals surface area (Å²) in [6, 6.07) is 12.3. The highest BCUT2D eigenvalue weighted by Crippen LogP contribution is 2.37. The number of aliphatic imine (C=N–C) groups is 2. The number of piperidine rings is 1. The number of methoxy groups -OCH3 is 1. The van der Waals surface area contributed by atoms with E-state index >= 15 is 0 Å². The molecular weight excluding hydrogens is 442 g/mol. The van der Waals surface area contributed by atoms with Crippen molar-refractivity contribution in [3.8, 4) is 5.75 Å². The first-order chi connectivity index (χ1) is 15.3. The lowest BCUT2D eigenvalue weighted by Gasteiger charge is -2.36. The molecule has 0 radical (unpaired) electrons. The van der Waals surface area contributed by atoms with Crippen LogP contribution in [-0.4, -0.2) is 53.2 Å². The Hall–Kier alpha value is -2.32. The molecule has 1 spiro atoms. The van der Waals surface area contributed by atoms with Crippen LogP contribution in [0.3, 0.4) is 0 Å². The average molecular weight is 472 g/mol. The molecular formula is C24H29N3O3S2. The van der Waals surface area contributed by atoms with E-state index in [0.29, 0.717) is 25.9 Å². The number of benzene rings is 1. The molecule has 0 N–H and O–H groups in total. The van der Waals surface area contributed by atoms with E-state index in [-0.39, 0.29) is 6.09 Å². The third-order valence-corrected chi connectivity index (χ3v) is 7.22. The molecule has 1 aromatic carbocycles. The van der Waals surface area contributed by atoms with Gasteiger partial charge in [0.2, 0.25) is 0 Å². The van der Waals surface area contributed by atoms with Gasteiger partial charge in [-0.3, -0.25) is 4.99 Å². The summed E-state index contributed by atoms with van der Waals surface area (Å²) in [4.78, 5) is 25.6. The van der Waals surface area contributed by atoms with Crippen LogP contribution >= 0.6 is 23.1 Å². The number of carbonyl (C=O) groups is 1. The van der Waals surface area contributed by atoms with Gasteiger partial charge >= 0.3 is 6.09 Å². The first-order valence-electron chi connectivity index (χ1n) is 10.7. The lowest BCUT2D eigenvalue weighted by Crippen LogP contribution is -2.46. The van der Waals surface area contributed by atoms with Gasteiger partial charge in [0, 0.05) is 31.7 Å². The monoisotopic (exact) mass is 471 g/mol. The van der Waals surface area contributed by atoms with Gasteiger partial charge in [0.25, 0.3) is 0 Å². The molecule has 0 bridgehead atoms. The molecule has 1 fully saturated rings. The molecule has 1 aromatic heterocycles. The largest absolute Gasteiger partial charge is 0.497 e. The van der Waals surface area contributed by atoms with Crippen molar-refractivity contribution in [1.29, 1.82) is 0 Å². The Morgan fingerprint density at radius 3 is 2.62 bits per heavy atom. The lowest BCUT2D eigenvalue weighted by molar-refractivity contribution is 0.0175. The van der Waals surface area contributed by atoms with E-state index in [9.17, 15) is 4.79 Å². The third-order valence-electron chi connectivity index (χ3n) is 5.31. The van der Waals surface area contributed by atoms with Crippen LogP contribution in [0.5, 0.6) is 5.75 Å². The fraction of sp³-hybridized carbons (Fsp3) is 0.458. The minimum Gasteiger partial charge on any atom is -0.497 e. The fourth-order valence-electron chi connectivity index (χ4n) is 3.71. The van der Waals surface area contributed by atoms with Gasteiger partial charge < -0.3 is 14.4 Å². The van der Waals surface area contributed by atoms with Crippen molar-refractivity contribution < 1.29 is 14.3 Å². The van der Waals surface area contributed by atoms with Gasteiger partial charge in [0.05, 0.1) is 12.0 Å². The van der Waals surface area contributed by atoms with Crippen molar-refractivity contribution in [2.45, 2.75) is 50.6 Å². The number of thiophene rings is 1. The van der Waals surface area contributed by atoms with E-state index < -0.39 is 11.3 Å². The summed E-state index contributed by atoms with van der Waals surface area (Å²) in [7, 11) is 1.68. The summed E-state index contributed by atoms with van der Waals surface area (Å²) in [5, 5.41) is 3.04. The van der Waals surface area contributed by atoms with Crippen LogP contribution < -0.4 is 4.74 Å². The number of ether oxygens (including phenoxy) is 2. The second-order valence-corrected chi connectivity index (χ2v) is 10.9. The fourth-order valence-corrected chi connectivity index (χ4v) is 5.50. The molecule has 3 heterocycles. The first-order valence-corrected chi connectivity index (χ1v) is 12.6. The van der Waals surface area contributed by atoms with Gasteiger partial charge in [-0.2, -0.15) is 0 Å². The molecule has 0 aliphatic carbocycles. The van der Waals surface area contributed by atoms with E-state index in [4.69, 9.17) is 19.5 Å². The summed E-state index contributed by atoms with van der Waals surface area (Å²) in [6.45, 7) is 6.85. The summed E-state index contributed by atoms with van der Waals surface area (Å²) < 4.78 is 10.9. The van der Waals surface area contributed by atoms with Gasteiger partial charge in [-0.05, 0) is 49.9 Å². The van der Waals surface area contributed by atoms with Gasteiger partial charge in [-0.15, -0.1) is 11.3 Å². The Kier molecular flexibility index (Phi) is 6.62. The third kappa shape index (κ3) is 5.35. The first kappa shape index (κ1) is 22.9. The Labute approximate surface area is 197 Å². The molecule has 0 unspecified atom stereocenters. The second-order valence-electron chi connectivity index (χ2n) is 8.94. The van der Waals surface area contributed by atoms with Crippen molar-refractivity contribution in [1.82, 2.24) is 4.90 Å². The van der Waals surface area contributed by atoms with Gasteiger partial charge in [-0.25, -0.2) is 9.79 Å². The molecule has 0 atom stereocenters. The lowest BCUT2D eigenvalue weighted by atomic mass is 9.99. The summed E-state index contributed by atoms with van der Waals surface area (Å²) in [6.07, 6.45) is 1.14. The number of amides is 1. The number of thioether (sulfide) groups is 1. The highest BCUT2D eigenvalue weighted by atomic mass is 32.2. The van der Waals surface area contributed by atoms with Gasteiger partial charge in [0.1, 0.15) is 22.1 Å². The number of carbonyl (C=O) groups excluding carboxylic acids is 1. The van der Waals surface area contributed by atoms with Crippen LogP contribution in [0.4, 0.5) is 4.79 Å². The van der Waals surface area contributed by atoms with Crippen LogP contribution in [0.1, 0.15) is 44.1 Å². The van der Waals surface area contributed by atoms with Crippen LogP contribution in [-0.2, 0) is 10.5 Å². The maximum Gasteiger partial charge on any atom is 0.410 e. The Bertz CT molecular complexity index is 1020. The smallest absolute Gasteiger partial charge is 0.410 e. The zero-order chi connectivity index (χ0) is 22.8. The maximum atomic E-state index is 12.5. The number of rotatable bonds is 4. The van der Waals surface area contributed by atoms with E-state index in [0.717, 1.165) is 27.1 Å². The van der Waals surface area contributed by atoms with E-state index in [1.807, 2.05) is 39.0 Å². The van der Waals surface area contributed by atoms with Crippen LogP contribution in [0.15, 0.2) is 51.8 Å². The van der Waals surface area contributed by atoms with Crippen LogP contribution in [0.25, 0.3) is 0 Å². The quantitative estimate of drug-likeness (QED) is 0.581. The minimum atomic E-state index is -0.494. The predicted octanol–water partition coefficient (Wildman–Crippen LogP) is 5.62. The molecule has 6 nitrogen and oxygen atoms in total. The van der Waals surface area contributed by atoms with Crippen molar-refractivity contribution in [2.75, 3.05) is 20.2 Å². The van der Waals surface area contributed by atoms with Crippen molar-refractivity contribution in [2.24, 2.45) is 9.98 Å². The maximum absolute atomic E-state index is 12.5. The number of nitrogens with zero attached hydrogens (tertiary/aromatic N) is 3. The Morgan fingerprint density at radius 2 is 1.97 bits per heavy atom. The summed E-state index contributed by atoms with van der Waals surface area (Å²) in [5.74, 6) is 1.65. The van der Waals surface area contributed by atoms with Crippen molar-refractivity contribution in [3.05, 3.63) is 52.2 Å². The molecule has 2 aliphatic heterocycles. The molecule has 4 rings (SSSR count). The minimum absolute atomic E-state index is 0.260. The number of hydrogen-bond acceptors (Lipinski definition) is 7. The number of likely N-dealkylation sites (tertiary alicyclic amines) is 1. The predicted molar refractivity (Wildman–Crippen MR) is 132 cm³/mol. The van der Waals surface area contributed by atoms with E-state index in [2.05, 4.69) is 23.6 Å². The van der Waals surface area contributed by atoms with Crippen LogP contribution in [0, 0.1) is 0 Å². The SMILES string of the molecule is COc1cccc(CSC2=NC3(CCN(C(=O)OC(C)(C)C)CC3)N=C2c2cccs2)c1. The highest BCUT2D eigenvalue weighted by Gasteiger charge is 2.41. The molecule has 2 aliphatic rings. The summed E-state index contributed by atoms with van der Waals surface area (Å²) >= 11 is 3.39. The molecule has 8 heteroatoms. The second kappa shape index (κ2) is 9.27. The van der Waals surface area contributed by atoms with Gasteiger partial charge in [0.15, 0.2) is 5.66 Å². The molecule has 1 saturated heterocycles. The topological polar surface area (TPSA) is 63.5 Å². The molecule has 1 amide bonds. The zero-order valence-corrected chi connectivity index (χ0v) is 20.6. The van der Waals surface area contributed by atoms with Crippen molar-refractivity contribution in [3.63, 3.8) is 0 Å². The summed E-state index contributed by atoms with van der Waals surface area (Å²) in [5.41, 5.74) is 1.17. The zero-order valence-electron chi connectivity index (χ0n) is 19.0. The van der Waals surface area contributed by atoms with Crippen molar-refractivity contribution >= 4 is 39.9 Å². The molecule has 32 heavy (non-hydrogen) atoms. The van der Waals surface area contributed by atoms with Gasteiger partial charge in [-0.1, -0.05) is 30.0 Å². The van der Waals surface area contributed by atoms with E-state index in [1.165, 1.54) is 5.56 Å². The van der Waals surface area contributed by atoms with Crippen LogP contribution in [0.2, 0.25) is 0 Å². The Balaban J connectivity index is 1.49.